The topological polar surface area (TPSA) is 32.3 Å². The zero-order chi connectivity index (χ0) is 15.8. The first kappa shape index (κ1) is 16.2. The summed E-state index contributed by atoms with van der Waals surface area (Å²) in [7, 11) is 4.08. The summed E-state index contributed by atoms with van der Waals surface area (Å²) in [6, 6.07) is 18.1. The van der Waals surface area contributed by atoms with Crippen molar-refractivity contribution in [3.63, 3.8) is 0 Å². The van der Waals surface area contributed by atoms with E-state index in [-0.39, 0.29) is 5.91 Å². The maximum absolute atomic E-state index is 12.4. The molecule has 3 nitrogen and oxygen atoms in total. The van der Waals surface area contributed by atoms with E-state index in [1.807, 2.05) is 56.6 Å². The maximum atomic E-state index is 12.4. The van der Waals surface area contributed by atoms with Crippen molar-refractivity contribution in [2.24, 2.45) is 0 Å². The summed E-state index contributed by atoms with van der Waals surface area (Å²) < 4.78 is 0. The van der Waals surface area contributed by atoms with Crippen molar-refractivity contribution in [2.45, 2.75) is 12.8 Å². The lowest BCUT2D eigenvalue weighted by Crippen LogP contribution is -2.27. The van der Waals surface area contributed by atoms with E-state index < -0.39 is 0 Å². The summed E-state index contributed by atoms with van der Waals surface area (Å²) in [5, 5.41) is 3.01. The van der Waals surface area contributed by atoms with Crippen molar-refractivity contribution in [2.75, 3.05) is 27.2 Å². The van der Waals surface area contributed by atoms with Crippen molar-refractivity contribution in [1.29, 1.82) is 0 Å². The van der Waals surface area contributed by atoms with E-state index in [0.29, 0.717) is 6.54 Å². The third-order valence-corrected chi connectivity index (χ3v) is 3.57. The highest BCUT2D eigenvalue weighted by atomic mass is 16.1. The summed E-state index contributed by atoms with van der Waals surface area (Å²) in [6.07, 6.45) is 1.74. The molecule has 116 valence electrons. The minimum atomic E-state index is 0.0188. The number of amides is 1. The van der Waals surface area contributed by atoms with Gasteiger partial charge in [0, 0.05) is 12.1 Å². The molecule has 0 spiro atoms. The van der Waals surface area contributed by atoms with Gasteiger partial charge < -0.3 is 10.2 Å². The standard InChI is InChI=1S/C19H24N2O/c1-21(2)14-8-13-20-19(22)18-12-7-6-11-17(18)15-16-9-4-3-5-10-16/h3-7,9-12H,8,13-15H2,1-2H3,(H,20,22). The van der Waals surface area contributed by atoms with Crippen LogP contribution in [0.2, 0.25) is 0 Å². The fourth-order valence-electron chi connectivity index (χ4n) is 2.40. The van der Waals surface area contributed by atoms with Gasteiger partial charge in [0.05, 0.1) is 0 Å². The van der Waals surface area contributed by atoms with Gasteiger partial charge >= 0.3 is 0 Å². The van der Waals surface area contributed by atoms with Gasteiger partial charge in [-0.25, -0.2) is 0 Å². The van der Waals surface area contributed by atoms with Crippen LogP contribution < -0.4 is 5.32 Å². The molecular weight excluding hydrogens is 272 g/mol. The normalized spacial score (nSPS) is 10.7. The van der Waals surface area contributed by atoms with Gasteiger partial charge in [0.15, 0.2) is 0 Å². The van der Waals surface area contributed by atoms with Crippen molar-refractivity contribution in [3.05, 3.63) is 71.3 Å². The van der Waals surface area contributed by atoms with E-state index in [1.54, 1.807) is 0 Å². The van der Waals surface area contributed by atoms with Crippen LogP contribution in [0, 0.1) is 0 Å². The van der Waals surface area contributed by atoms with E-state index in [2.05, 4.69) is 22.3 Å². The molecule has 0 heterocycles. The van der Waals surface area contributed by atoms with Gasteiger partial charge in [-0.05, 0) is 50.7 Å². The van der Waals surface area contributed by atoms with Crippen LogP contribution in [-0.2, 0) is 6.42 Å². The molecule has 0 radical (unpaired) electrons. The molecule has 0 aromatic heterocycles. The molecule has 2 rings (SSSR count). The van der Waals surface area contributed by atoms with Crippen LogP contribution >= 0.6 is 0 Å². The van der Waals surface area contributed by atoms with Crippen molar-refractivity contribution < 1.29 is 4.79 Å². The highest BCUT2D eigenvalue weighted by Crippen LogP contribution is 2.14. The summed E-state index contributed by atoms with van der Waals surface area (Å²) >= 11 is 0. The first-order valence-corrected chi connectivity index (χ1v) is 7.71. The molecule has 0 saturated carbocycles. The Morgan fingerprint density at radius 3 is 2.41 bits per heavy atom. The lowest BCUT2D eigenvalue weighted by atomic mass is 9.99. The van der Waals surface area contributed by atoms with E-state index in [9.17, 15) is 4.79 Å². The third-order valence-electron chi connectivity index (χ3n) is 3.57. The van der Waals surface area contributed by atoms with Crippen LogP contribution in [0.15, 0.2) is 54.6 Å². The summed E-state index contributed by atoms with van der Waals surface area (Å²) in [5.41, 5.74) is 3.06. The molecule has 0 unspecified atom stereocenters. The fourth-order valence-corrected chi connectivity index (χ4v) is 2.40. The van der Waals surface area contributed by atoms with Gasteiger partial charge in [0.2, 0.25) is 0 Å². The molecule has 2 aromatic rings. The molecule has 0 fully saturated rings. The van der Waals surface area contributed by atoms with E-state index in [1.165, 1.54) is 5.56 Å². The van der Waals surface area contributed by atoms with Crippen LogP contribution in [0.1, 0.15) is 27.9 Å². The number of nitrogens with one attached hydrogen (secondary N) is 1. The largest absolute Gasteiger partial charge is 0.352 e. The predicted molar refractivity (Wildman–Crippen MR) is 91.2 cm³/mol. The second-order valence-electron chi connectivity index (χ2n) is 5.73. The van der Waals surface area contributed by atoms with E-state index >= 15 is 0 Å². The van der Waals surface area contributed by atoms with Gasteiger partial charge in [-0.2, -0.15) is 0 Å². The minimum absolute atomic E-state index is 0.0188. The molecule has 1 amide bonds. The summed E-state index contributed by atoms with van der Waals surface area (Å²) in [4.78, 5) is 14.5. The van der Waals surface area contributed by atoms with Gasteiger partial charge in [-0.15, -0.1) is 0 Å². The number of nitrogens with zero attached hydrogens (tertiary/aromatic N) is 1. The molecule has 0 saturated heterocycles. The number of hydrogen-bond donors (Lipinski definition) is 1. The number of hydrogen-bond acceptors (Lipinski definition) is 2. The zero-order valence-corrected chi connectivity index (χ0v) is 13.4. The Morgan fingerprint density at radius 1 is 1.00 bits per heavy atom. The summed E-state index contributed by atoms with van der Waals surface area (Å²) in [5.74, 6) is 0.0188. The smallest absolute Gasteiger partial charge is 0.251 e. The summed E-state index contributed by atoms with van der Waals surface area (Å²) in [6.45, 7) is 1.68. The Morgan fingerprint density at radius 2 is 1.68 bits per heavy atom. The van der Waals surface area contributed by atoms with Gasteiger partial charge in [-0.1, -0.05) is 48.5 Å². The van der Waals surface area contributed by atoms with Crippen molar-refractivity contribution in [1.82, 2.24) is 10.2 Å². The van der Waals surface area contributed by atoms with Crippen LogP contribution in [0.3, 0.4) is 0 Å². The predicted octanol–water partition coefficient (Wildman–Crippen LogP) is 2.96. The fraction of sp³-hybridized carbons (Fsp3) is 0.316. The molecule has 1 N–H and O–H groups in total. The lowest BCUT2D eigenvalue weighted by molar-refractivity contribution is 0.0951. The molecule has 0 atom stereocenters. The molecule has 22 heavy (non-hydrogen) atoms. The molecule has 0 aliphatic carbocycles. The van der Waals surface area contributed by atoms with Crippen molar-refractivity contribution in [3.8, 4) is 0 Å². The van der Waals surface area contributed by atoms with E-state index in [0.717, 1.165) is 30.5 Å². The van der Waals surface area contributed by atoms with Crippen LogP contribution in [-0.4, -0.2) is 38.0 Å². The highest BCUT2D eigenvalue weighted by molar-refractivity contribution is 5.95. The van der Waals surface area contributed by atoms with Crippen LogP contribution in [0.5, 0.6) is 0 Å². The Labute approximate surface area is 133 Å². The van der Waals surface area contributed by atoms with Crippen LogP contribution in [0.4, 0.5) is 0 Å². The Hall–Kier alpha value is -2.13. The van der Waals surface area contributed by atoms with E-state index in [4.69, 9.17) is 0 Å². The number of benzene rings is 2. The number of carbonyl (C=O) groups is 1. The zero-order valence-electron chi connectivity index (χ0n) is 13.4. The average molecular weight is 296 g/mol. The average Bonchev–Trinajstić information content (AvgIpc) is 2.53. The van der Waals surface area contributed by atoms with Gasteiger partial charge in [0.25, 0.3) is 5.91 Å². The second-order valence-corrected chi connectivity index (χ2v) is 5.73. The monoisotopic (exact) mass is 296 g/mol. The molecule has 0 aliphatic heterocycles. The maximum Gasteiger partial charge on any atom is 0.251 e. The van der Waals surface area contributed by atoms with Gasteiger partial charge in [0.1, 0.15) is 0 Å². The molecule has 0 bridgehead atoms. The molecular formula is C19H24N2O. The highest BCUT2D eigenvalue weighted by Gasteiger charge is 2.10. The first-order chi connectivity index (χ1) is 10.7. The van der Waals surface area contributed by atoms with Crippen LogP contribution in [0.25, 0.3) is 0 Å². The lowest BCUT2D eigenvalue weighted by Gasteiger charge is -2.12. The Kier molecular flexibility index (Phi) is 6.16. The number of carbonyl (C=O) groups excluding carboxylic acids is 1. The third kappa shape index (κ3) is 5.01. The first-order valence-electron chi connectivity index (χ1n) is 7.71. The molecule has 2 aromatic carbocycles. The number of rotatable bonds is 7. The minimum Gasteiger partial charge on any atom is -0.352 e. The Balaban J connectivity index is 2.00. The quantitative estimate of drug-likeness (QED) is 0.797. The Bertz CT molecular complexity index is 593. The van der Waals surface area contributed by atoms with Crippen molar-refractivity contribution >= 4 is 5.91 Å². The van der Waals surface area contributed by atoms with Gasteiger partial charge in [-0.3, -0.25) is 4.79 Å². The SMILES string of the molecule is CN(C)CCCNC(=O)c1ccccc1Cc1ccccc1. The second kappa shape index (κ2) is 8.35. The molecule has 3 heteroatoms. The molecule has 0 aliphatic rings.